The Hall–Kier alpha value is -3.20. The van der Waals surface area contributed by atoms with Gasteiger partial charge in [0.2, 0.25) is 5.43 Å². The third kappa shape index (κ3) is 3.81. The van der Waals surface area contributed by atoms with Crippen molar-refractivity contribution in [3.8, 4) is 0 Å². The first-order chi connectivity index (χ1) is 14.4. The zero-order valence-corrected chi connectivity index (χ0v) is 19.2. The molecular weight excluding hydrogens is 422 g/mol. The Labute approximate surface area is 182 Å². The van der Waals surface area contributed by atoms with Gasteiger partial charge in [0.05, 0.1) is 24.4 Å². The first-order valence-corrected chi connectivity index (χ1v) is 10.2. The topological polar surface area (TPSA) is 100 Å². The van der Waals surface area contributed by atoms with Crippen molar-refractivity contribution in [1.29, 1.82) is 0 Å². The molecule has 9 heteroatoms. The smallest absolute Gasteiger partial charge is 0.349 e. The van der Waals surface area contributed by atoms with E-state index in [1.165, 1.54) is 0 Å². The van der Waals surface area contributed by atoms with E-state index in [-0.39, 0.29) is 20.7 Å². The molecule has 3 aromatic heterocycles. The Balaban J connectivity index is 2.60. The molecule has 31 heavy (non-hydrogen) atoms. The van der Waals surface area contributed by atoms with E-state index in [0.29, 0.717) is 5.52 Å². The zero-order chi connectivity index (χ0) is 23.2. The van der Waals surface area contributed by atoms with Crippen LogP contribution in [0.3, 0.4) is 0 Å². The summed E-state index contributed by atoms with van der Waals surface area (Å²) in [5.41, 5.74) is 0.379. The fourth-order valence-corrected chi connectivity index (χ4v) is 4.68. The maximum atomic E-state index is 13.5. The summed E-state index contributed by atoms with van der Waals surface area (Å²) >= 11 is 0.828. The van der Waals surface area contributed by atoms with Crippen LogP contribution in [0.2, 0.25) is 0 Å². The molecule has 0 atom stereocenters. The minimum atomic E-state index is -0.957. The van der Waals surface area contributed by atoms with Crippen LogP contribution in [0.4, 0.5) is 0 Å². The number of nitrogens with zero attached hydrogens (tertiary/aromatic N) is 1. The van der Waals surface area contributed by atoms with Crippen molar-refractivity contribution < 1.29 is 28.6 Å². The van der Waals surface area contributed by atoms with Crippen LogP contribution in [-0.2, 0) is 14.2 Å². The van der Waals surface area contributed by atoms with Gasteiger partial charge in [-0.05, 0) is 45.7 Å². The van der Waals surface area contributed by atoms with Crippen molar-refractivity contribution in [2.45, 2.75) is 40.2 Å². The summed E-state index contributed by atoms with van der Waals surface area (Å²) < 4.78 is 16.9. The largest absolute Gasteiger partial charge is 0.465 e. The summed E-state index contributed by atoms with van der Waals surface area (Å²) in [4.78, 5) is 51.2. The van der Waals surface area contributed by atoms with E-state index in [1.54, 1.807) is 31.4 Å². The van der Waals surface area contributed by atoms with Gasteiger partial charge in [-0.25, -0.2) is 14.4 Å². The van der Waals surface area contributed by atoms with Gasteiger partial charge in [-0.1, -0.05) is 6.07 Å². The quantitative estimate of drug-likeness (QED) is 0.448. The standard InChI is InChI=1S/C22H23NO7S/c1-10-8-11(2)14-12(20(26)30-22(3,4)5)17-15(23(14)9-10)16(24)13(19(25)28-6)18(31-17)21(27)29-7/h8-9H,1-7H3. The molecule has 3 heterocycles. The van der Waals surface area contributed by atoms with Crippen LogP contribution in [0.5, 0.6) is 0 Å². The molecule has 3 aromatic rings. The Kier molecular flexibility index (Phi) is 5.66. The summed E-state index contributed by atoms with van der Waals surface area (Å²) in [5.74, 6) is -2.46. The van der Waals surface area contributed by atoms with E-state index >= 15 is 0 Å². The number of aryl methyl sites for hydroxylation is 2. The van der Waals surface area contributed by atoms with E-state index in [9.17, 15) is 19.2 Å². The van der Waals surface area contributed by atoms with Crippen LogP contribution < -0.4 is 5.43 Å². The number of hydrogen-bond donors (Lipinski definition) is 0. The average molecular weight is 445 g/mol. The van der Waals surface area contributed by atoms with Gasteiger partial charge in [0.25, 0.3) is 0 Å². The van der Waals surface area contributed by atoms with Crippen LogP contribution in [-0.4, -0.2) is 42.1 Å². The Bertz CT molecular complexity index is 1310. The molecule has 3 rings (SSSR count). The number of ether oxygens (including phenoxy) is 3. The molecule has 8 nitrogen and oxygen atoms in total. The molecule has 0 radical (unpaired) electrons. The number of carbonyl (C=O) groups excluding carboxylic acids is 3. The molecule has 0 saturated carbocycles. The lowest BCUT2D eigenvalue weighted by molar-refractivity contribution is 0.00737. The molecule has 0 aliphatic rings. The maximum absolute atomic E-state index is 13.5. The lowest BCUT2D eigenvalue weighted by Crippen LogP contribution is -2.24. The van der Waals surface area contributed by atoms with Gasteiger partial charge in [-0.3, -0.25) is 4.79 Å². The molecule has 164 valence electrons. The summed E-state index contributed by atoms with van der Waals surface area (Å²) in [5, 5.41) is 0. The molecule has 0 saturated heterocycles. The van der Waals surface area contributed by atoms with E-state index in [0.717, 1.165) is 36.7 Å². The predicted octanol–water partition coefficient (Wildman–Crippen LogP) is 3.66. The highest BCUT2D eigenvalue weighted by molar-refractivity contribution is 7.20. The van der Waals surface area contributed by atoms with Crippen LogP contribution in [0.1, 0.15) is 62.3 Å². The van der Waals surface area contributed by atoms with Crippen LogP contribution >= 0.6 is 11.3 Å². The first-order valence-electron chi connectivity index (χ1n) is 9.43. The van der Waals surface area contributed by atoms with Gasteiger partial charge in [-0.15, -0.1) is 11.3 Å². The summed E-state index contributed by atoms with van der Waals surface area (Å²) in [6.45, 7) is 8.87. The number of pyridine rings is 1. The number of fused-ring (bicyclic) bond motifs is 3. The van der Waals surface area contributed by atoms with Crippen LogP contribution in [0.25, 0.3) is 15.7 Å². The van der Waals surface area contributed by atoms with Crippen molar-refractivity contribution in [1.82, 2.24) is 4.40 Å². The van der Waals surface area contributed by atoms with Gasteiger partial charge >= 0.3 is 17.9 Å². The number of methoxy groups -OCH3 is 2. The number of hydrogen-bond acceptors (Lipinski definition) is 8. The second-order valence-corrected chi connectivity index (χ2v) is 9.11. The van der Waals surface area contributed by atoms with Gasteiger partial charge in [0.15, 0.2) is 0 Å². The van der Waals surface area contributed by atoms with Crippen molar-refractivity contribution >= 4 is 45.0 Å². The van der Waals surface area contributed by atoms with Gasteiger partial charge in [0, 0.05) is 6.20 Å². The van der Waals surface area contributed by atoms with Crippen molar-refractivity contribution in [2.24, 2.45) is 0 Å². The fourth-order valence-electron chi connectivity index (χ4n) is 3.46. The minimum Gasteiger partial charge on any atom is -0.465 e. The molecule has 0 N–H and O–H groups in total. The lowest BCUT2D eigenvalue weighted by atomic mass is 10.1. The summed E-state index contributed by atoms with van der Waals surface area (Å²) in [6.07, 6.45) is 1.70. The average Bonchev–Trinajstić information content (AvgIpc) is 3.00. The normalized spacial score (nSPS) is 11.6. The van der Waals surface area contributed by atoms with Crippen LogP contribution in [0.15, 0.2) is 17.1 Å². The molecule has 0 fully saturated rings. The summed E-state index contributed by atoms with van der Waals surface area (Å²) in [7, 11) is 2.26. The second kappa shape index (κ2) is 7.81. The highest BCUT2D eigenvalue weighted by Gasteiger charge is 2.32. The molecule has 0 aromatic carbocycles. The van der Waals surface area contributed by atoms with Crippen LogP contribution in [0, 0.1) is 13.8 Å². The molecule has 0 spiro atoms. The third-order valence-corrected chi connectivity index (χ3v) is 5.72. The van der Waals surface area contributed by atoms with E-state index < -0.39 is 34.5 Å². The van der Waals surface area contributed by atoms with E-state index in [4.69, 9.17) is 14.2 Å². The Morgan fingerprint density at radius 2 is 1.55 bits per heavy atom. The molecule has 0 bridgehead atoms. The van der Waals surface area contributed by atoms with Crippen molar-refractivity contribution in [3.05, 3.63) is 49.6 Å². The SMILES string of the molecule is COC(=O)c1sc2c(C(=O)OC(C)(C)C)c3c(C)cc(C)cn3c2c(=O)c1C(=O)OC. The molecule has 0 aliphatic carbocycles. The molecular formula is C22H23NO7S. The van der Waals surface area contributed by atoms with Gasteiger partial charge < -0.3 is 18.6 Å². The maximum Gasteiger partial charge on any atom is 0.349 e. The predicted molar refractivity (Wildman–Crippen MR) is 116 cm³/mol. The monoisotopic (exact) mass is 445 g/mol. The summed E-state index contributed by atoms with van der Waals surface area (Å²) in [6, 6.07) is 1.87. The minimum absolute atomic E-state index is 0.0979. The highest BCUT2D eigenvalue weighted by atomic mass is 32.1. The molecule has 0 aliphatic heterocycles. The molecule has 0 unspecified atom stereocenters. The Morgan fingerprint density at radius 1 is 0.935 bits per heavy atom. The van der Waals surface area contributed by atoms with Crippen molar-refractivity contribution in [2.75, 3.05) is 14.2 Å². The number of carbonyl (C=O) groups is 3. The zero-order valence-electron chi connectivity index (χ0n) is 18.4. The number of rotatable bonds is 3. The van der Waals surface area contributed by atoms with Gasteiger partial charge in [-0.2, -0.15) is 0 Å². The first kappa shape index (κ1) is 22.5. The van der Waals surface area contributed by atoms with Gasteiger partial charge in [0.1, 0.15) is 27.1 Å². The number of esters is 3. The highest BCUT2D eigenvalue weighted by Crippen LogP contribution is 2.34. The lowest BCUT2D eigenvalue weighted by Gasteiger charge is -2.19. The number of aromatic nitrogens is 1. The van der Waals surface area contributed by atoms with E-state index in [1.807, 2.05) is 19.9 Å². The fraction of sp³-hybridized carbons (Fsp3) is 0.364. The van der Waals surface area contributed by atoms with Crippen molar-refractivity contribution in [3.63, 3.8) is 0 Å². The van der Waals surface area contributed by atoms with E-state index in [2.05, 4.69) is 0 Å². The Morgan fingerprint density at radius 3 is 2.10 bits per heavy atom. The third-order valence-electron chi connectivity index (χ3n) is 4.55. The second-order valence-electron chi connectivity index (χ2n) is 8.09. The molecule has 0 amide bonds.